The van der Waals surface area contributed by atoms with Gasteiger partial charge in [-0.1, -0.05) is 45.5 Å². The van der Waals surface area contributed by atoms with Crippen molar-refractivity contribution in [2.45, 2.75) is 114 Å². The van der Waals surface area contributed by atoms with Gasteiger partial charge in [-0.05, 0) is 109 Å². The number of halogens is 34. The second-order valence-electron chi connectivity index (χ2n) is 26.5. The molecule has 0 aromatic carbocycles. The van der Waals surface area contributed by atoms with Gasteiger partial charge >= 0.3 is 72.2 Å². The standard InChI is InChI=1S/C14H9F6N5O2.C13H16BF4NO3.C13H6ClF6N5O.C11H6ClF4N3O.C11H9F4N5O.C4H2BrClN2.C4Cl2F4O3.CH4O.3CH4.H2N2.H2/c1-26-14(19,20)12-24-23-10-4-21-9(5-25(10)12)7-2-8(15)11(22-3-7)27-6-13(16,17)18;1-11(2)12(3,4)22-14(21-11)8-5-9(15)10(19-6-8)20-7-13(16,17)18;14-13(19,20)11-24-23-9-3-21-8(4-25(9)11)6-1-7(15)10(22-2-6)26-5-12(16,17)18;12-9-4-17-8(3-18-9)6-1-7(13)10(19-2-6)20-5-11(14,15)16;12-7-1-6(8-3-18-9(20-16)4-17-8)2-19-10(7)21-5-11(13,14)15;5-3-1-8-4(6)2-7-3;5-3(7,8)1(11)13-2(12)4(6,9)10;1-2;;;;1-2;/h2-5H,6H2,1H3;5-6H,7H2,1-4H3;1-4H,5H2;1-4H,5H2;1-4H,5,16H2,(H,18,20);1-2H;;2H,1H3;3*1H4;1-2H;1H. The molecule has 0 spiro atoms. The third kappa shape index (κ3) is 40.9. The van der Waals surface area contributed by atoms with Crippen molar-refractivity contribution in [3.63, 3.8) is 0 Å². The van der Waals surface area contributed by atoms with Gasteiger partial charge in [-0.15, -0.1) is 20.4 Å². The molecule has 0 unspecified atom stereocenters. The highest BCUT2D eigenvalue weighted by Gasteiger charge is 2.53. The van der Waals surface area contributed by atoms with Gasteiger partial charge in [0, 0.05) is 86.7 Å². The first-order valence-electron chi connectivity index (χ1n) is 36.2. The number of rotatable bonds is 21. The first-order chi connectivity index (χ1) is 65.1. The average molecular weight is 2270 g/mol. The Morgan fingerprint density at radius 3 is 1.00 bits per heavy atom. The molecule has 0 saturated carbocycles. The van der Waals surface area contributed by atoms with Crippen LogP contribution in [0.3, 0.4) is 0 Å². The number of fused-ring (bicyclic) bond motifs is 2. The molecule has 12 aromatic rings. The van der Waals surface area contributed by atoms with Crippen LogP contribution in [-0.4, -0.2) is 218 Å². The summed E-state index contributed by atoms with van der Waals surface area (Å²) in [6.07, 6.45) is -8.82. The Kier molecular flexibility index (Phi) is 47.7. The fourth-order valence-corrected chi connectivity index (χ4v) is 9.59. The van der Waals surface area contributed by atoms with E-state index in [0.717, 1.165) is 103 Å². The first-order valence-corrected chi connectivity index (χ1v) is 38.9. The number of carbonyl (C=O) groups is 2. The second kappa shape index (κ2) is 53.9. The zero-order chi connectivity index (χ0) is 107. The van der Waals surface area contributed by atoms with E-state index in [1.54, 1.807) is 6.20 Å². The molecule has 0 bridgehead atoms. The quantitative estimate of drug-likeness (QED) is 0.00652. The lowest BCUT2D eigenvalue weighted by Crippen LogP contribution is -2.41. The van der Waals surface area contributed by atoms with Crippen LogP contribution in [0.1, 0.15) is 63.1 Å². The number of hydrazine groups is 1. The van der Waals surface area contributed by atoms with Gasteiger partial charge in [-0.3, -0.25) is 28.7 Å². The number of anilines is 1. The van der Waals surface area contributed by atoms with Gasteiger partial charge in [0.15, 0.2) is 79.2 Å². The molecule has 12 aromatic heterocycles. The van der Waals surface area contributed by atoms with Crippen molar-refractivity contribution >= 4 is 116 Å². The zero-order valence-electron chi connectivity index (χ0n) is 70.0. The van der Waals surface area contributed by atoms with E-state index >= 15 is 0 Å². The molecular formula is C74H68BBrCl5F28N23O12. The summed E-state index contributed by atoms with van der Waals surface area (Å²) >= 11 is 27.1. The largest absolute Gasteiger partial charge is 0.496 e. The van der Waals surface area contributed by atoms with Crippen LogP contribution in [0.5, 0.6) is 29.4 Å². The number of carbonyl (C=O) groups excluding carboxylic acids is 2. The van der Waals surface area contributed by atoms with E-state index in [1.165, 1.54) is 37.2 Å². The summed E-state index contributed by atoms with van der Waals surface area (Å²) in [5, 5.41) is 8.25. The van der Waals surface area contributed by atoms with Crippen molar-refractivity contribution in [3.8, 4) is 74.4 Å². The van der Waals surface area contributed by atoms with Gasteiger partial charge in [0.2, 0.25) is 11.6 Å². The van der Waals surface area contributed by atoms with Crippen molar-refractivity contribution in [3.05, 3.63) is 179 Å². The first kappa shape index (κ1) is 128. The minimum atomic E-state index is -4.66. The van der Waals surface area contributed by atoms with E-state index in [1.807, 2.05) is 27.7 Å². The Hall–Kier alpha value is -12.5. The number of alkyl halides is 26. The summed E-state index contributed by atoms with van der Waals surface area (Å²) in [6.45, 7) is -0.937. The average Bonchev–Trinajstić information content (AvgIpc) is 1.63. The summed E-state index contributed by atoms with van der Waals surface area (Å²) in [4.78, 5) is 68.2. The molecular weight excluding hydrogens is 2200 g/mol. The molecule has 0 aliphatic carbocycles. The van der Waals surface area contributed by atoms with Crippen LogP contribution in [0, 0.1) is 40.1 Å². The maximum Gasteiger partial charge on any atom is 0.496 e. The molecule has 0 atom stereocenters. The molecule has 1 aliphatic rings. The van der Waals surface area contributed by atoms with Crippen molar-refractivity contribution < 1.29 is 182 Å². The van der Waals surface area contributed by atoms with Crippen molar-refractivity contribution in [1.82, 2.24) is 94.0 Å². The summed E-state index contributed by atoms with van der Waals surface area (Å²) in [6, 6.07) is 4.52. The molecule has 1 saturated heterocycles. The molecule has 70 heteroatoms. The number of nitrogens with two attached hydrogens (primary N) is 1. The van der Waals surface area contributed by atoms with E-state index in [9.17, 15) is 133 Å². The van der Waals surface area contributed by atoms with E-state index < -0.39 is 187 Å². The molecule has 144 heavy (non-hydrogen) atoms. The van der Waals surface area contributed by atoms with Crippen LogP contribution in [0.25, 0.3) is 56.3 Å². The highest BCUT2D eigenvalue weighted by molar-refractivity contribution is 9.10. The van der Waals surface area contributed by atoms with Crippen LogP contribution < -0.4 is 40.4 Å². The fraction of sp³-hybridized carbons (Fsp3) is 0.338. The summed E-state index contributed by atoms with van der Waals surface area (Å²) < 4.78 is 392. The highest BCUT2D eigenvalue weighted by atomic mass is 79.9. The molecule has 13 heterocycles. The number of aliphatic hydroxyl groups is 1. The monoisotopic (exact) mass is 2270 g/mol. The van der Waals surface area contributed by atoms with E-state index in [4.69, 9.17) is 66.1 Å². The number of nitrogen functional groups attached to an aromatic ring is 1. The van der Waals surface area contributed by atoms with Gasteiger partial charge < -0.3 is 53.0 Å². The number of nitrogens with one attached hydrogen (secondary N) is 3. The number of hydrogen-bond acceptors (Lipinski definition) is 33. The second-order valence-corrected chi connectivity index (χ2v) is 29.5. The zero-order valence-corrected chi connectivity index (χ0v) is 75.4. The number of hydrogen-bond donors (Lipinski definition) is 5. The van der Waals surface area contributed by atoms with E-state index in [-0.39, 0.29) is 90.6 Å². The van der Waals surface area contributed by atoms with Gasteiger partial charge in [0.1, 0.15) is 14.9 Å². The lowest BCUT2D eigenvalue weighted by Gasteiger charge is -2.32. The van der Waals surface area contributed by atoms with Crippen LogP contribution in [0.2, 0.25) is 10.3 Å². The minimum absolute atomic E-state index is 0. The summed E-state index contributed by atoms with van der Waals surface area (Å²) in [7, 11) is 0.936. The Morgan fingerprint density at radius 1 is 0.431 bits per heavy atom. The van der Waals surface area contributed by atoms with E-state index in [2.05, 4.69) is 163 Å². The number of aromatic nitrogens is 19. The van der Waals surface area contributed by atoms with Crippen LogP contribution in [-0.2, 0) is 39.9 Å². The maximum absolute atomic E-state index is 13.9. The number of pyridine rings is 5. The third-order valence-corrected chi connectivity index (χ3v) is 16.9. The fourth-order valence-electron chi connectivity index (χ4n) is 8.99. The smallest absolute Gasteiger partial charge is 0.466 e. The number of esters is 2. The maximum atomic E-state index is 13.9. The normalized spacial score (nSPS) is 12.7. The molecule has 6 N–H and O–H groups in total. The lowest BCUT2D eigenvalue weighted by atomic mass is 9.80. The molecule has 792 valence electrons. The topological polar surface area (TPSA) is 451 Å². The van der Waals surface area contributed by atoms with Gasteiger partial charge in [0.05, 0.1) is 83.6 Å². The lowest BCUT2D eigenvalue weighted by molar-refractivity contribution is -0.237. The Labute approximate surface area is 824 Å². The van der Waals surface area contributed by atoms with Crippen LogP contribution in [0.4, 0.5) is 129 Å². The highest BCUT2D eigenvalue weighted by Crippen LogP contribution is 2.39. The number of nitrogens with zero attached hydrogens (tertiary/aromatic N) is 19. The van der Waals surface area contributed by atoms with Gasteiger partial charge in [-0.2, -0.15) is 101 Å². The predicted octanol–water partition coefficient (Wildman–Crippen LogP) is 20.1. The summed E-state index contributed by atoms with van der Waals surface area (Å²) in [5.74, 6) is -10.8. The Morgan fingerprint density at radius 2 is 0.729 bits per heavy atom. The molecule has 1 fully saturated rings. The molecule has 13 rings (SSSR count). The summed E-state index contributed by atoms with van der Waals surface area (Å²) in [5.41, 5.74) is 12.3. The molecule has 0 amide bonds. The SMILES string of the molecule is C.C.C.CC1(C)OB(c2cnc(OCC(F)(F)F)c(F)c2)OC1(C)C.CO.COC(F)(F)c1nnc2cnc(-c3cnc(OCC(F)(F)F)c(F)c3)cn12.Clc1cnc(Br)cn1.Fc1cc(-c2cn3c(C(F)(F)Cl)nnc3cn2)cnc1OCC(F)(F)F.Fc1cc(-c2cnc(Cl)cn2)cnc1OCC(F)(F)F.N=N.NNc1cnc(-c2cnc(OCC(F)(F)F)c(F)c2)cn1.O=C(OC(=O)C(F)(F)Cl)C(F)(F)Cl.[HH]. The third-order valence-electron chi connectivity index (χ3n) is 15.6. The molecule has 35 nitrogen and oxygen atoms in total. The molecule has 0 radical (unpaired) electrons. The number of aliphatic hydroxyl groups excluding tert-OH is 1. The number of ether oxygens (including phenoxy) is 7. The van der Waals surface area contributed by atoms with Crippen LogP contribution >= 0.6 is 73.9 Å². The van der Waals surface area contributed by atoms with E-state index in [0.29, 0.717) is 15.6 Å². The van der Waals surface area contributed by atoms with Gasteiger partial charge in [0.25, 0.3) is 29.4 Å². The Balaban J connectivity index is 0.000000853. The van der Waals surface area contributed by atoms with Gasteiger partial charge in [-0.25, -0.2) is 93.3 Å². The number of methoxy groups -OCH3 is 1. The Bertz CT molecular complexity index is 6070. The minimum Gasteiger partial charge on any atom is -0.466 e. The molecule has 1 aliphatic heterocycles. The van der Waals surface area contributed by atoms with Crippen LogP contribution in [0.15, 0.2) is 128 Å². The van der Waals surface area contributed by atoms with Crippen molar-refractivity contribution in [1.29, 1.82) is 11.1 Å². The predicted molar refractivity (Wildman–Crippen MR) is 453 cm³/mol. The van der Waals surface area contributed by atoms with Crippen molar-refractivity contribution in [2.75, 3.05) is 52.7 Å². The van der Waals surface area contributed by atoms with Crippen molar-refractivity contribution in [2.24, 2.45) is 5.84 Å².